The molecular formula is C17H28ClN7O. The molecule has 0 aliphatic heterocycles. The summed E-state index contributed by atoms with van der Waals surface area (Å²) < 4.78 is 0. The molecule has 1 fully saturated rings. The predicted molar refractivity (Wildman–Crippen MR) is 107 cm³/mol. The number of halogens is 1. The van der Waals surface area contributed by atoms with Gasteiger partial charge in [0.1, 0.15) is 17.4 Å². The number of nitrogens with one attached hydrogen (secondary N) is 2. The number of nitrogens with zero attached hydrogens (tertiary/aromatic N) is 5. The monoisotopic (exact) mass is 381 g/mol. The number of aromatic nitrogens is 4. The molecule has 1 aliphatic carbocycles. The van der Waals surface area contributed by atoms with Crippen molar-refractivity contribution >= 4 is 41.0 Å². The molecule has 3 N–H and O–H groups in total. The second-order valence-electron chi connectivity index (χ2n) is 6.72. The van der Waals surface area contributed by atoms with Crippen LogP contribution in [0.4, 0.5) is 17.6 Å². The number of rotatable bonds is 6. The van der Waals surface area contributed by atoms with E-state index in [0.717, 1.165) is 38.6 Å². The lowest BCUT2D eigenvalue weighted by Gasteiger charge is -2.29. The van der Waals surface area contributed by atoms with Crippen molar-refractivity contribution in [2.24, 2.45) is 0 Å². The van der Waals surface area contributed by atoms with Crippen molar-refractivity contribution in [1.29, 1.82) is 0 Å². The maximum absolute atomic E-state index is 10.3. The van der Waals surface area contributed by atoms with Gasteiger partial charge in [0.05, 0.1) is 12.1 Å². The highest BCUT2D eigenvalue weighted by Crippen LogP contribution is 2.28. The van der Waals surface area contributed by atoms with E-state index in [2.05, 4.69) is 37.5 Å². The van der Waals surface area contributed by atoms with Gasteiger partial charge in [-0.05, 0) is 19.3 Å². The molecule has 1 saturated carbocycles. The third-order valence-corrected chi connectivity index (χ3v) is 4.46. The Kier molecular flexibility index (Phi) is 7.16. The van der Waals surface area contributed by atoms with Crippen molar-refractivity contribution in [3.63, 3.8) is 0 Å². The first-order valence-corrected chi connectivity index (χ1v) is 8.98. The minimum absolute atomic E-state index is 0. The van der Waals surface area contributed by atoms with Gasteiger partial charge < -0.3 is 20.6 Å². The highest BCUT2D eigenvalue weighted by Gasteiger charge is 2.24. The topological polar surface area (TPSA) is 99.1 Å². The van der Waals surface area contributed by atoms with E-state index in [0.29, 0.717) is 28.6 Å². The molecule has 1 aliphatic rings. The van der Waals surface area contributed by atoms with Gasteiger partial charge in [-0.2, -0.15) is 4.98 Å². The van der Waals surface area contributed by atoms with Gasteiger partial charge >= 0.3 is 0 Å². The standard InChI is InChI=1S/C17H27N7O.ClH/c1-4-9-18-15-13-14(22-17(23-15)24(2)3)16(20-10-19-13)21-11-7-5-6-8-12(11)25;/h10-12,25H,4-9H2,1-3H3,(H,18,22,23)(H,19,20,21);1H/t11-,12+;/m0./s1. The van der Waals surface area contributed by atoms with E-state index in [1.54, 1.807) is 0 Å². The molecule has 8 nitrogen and oxygen atoms in total. The maximum atomic E-state index is 10.3. The summed E-state index contributed by atoms with van der Waals surface area (Å²) in [5, 5.41) is 17.0. The molecular weight excluding hydrogens is 354 g/mol. The van der Waals surface area contributed by atoms with Crippen LogP contribution < -0.4 is 15.5 Å². The van der Waals surface area contributed by atoms with Crippen molar-refractivity contribution in [3.8, 4) is 0 Å². The molecule has 144 valence electrons. The Labute approximate surface area is 160 Å². The van der Waals surface area contributed by atoms with Crippen LogP contribution in [-0.4, -0.2) is 57.8 Å². The van der Waals surface area contributed by atoms with Crippen LogP contribution in [0.3, 0.4) is 0 Å². The zero-order valence-electron chi connectivity index (χ0n) is 15.6. The molecule has 2 atom stereocenters. The van der Waals surface area contributed by atoms with Gasteiger partial charge in [0.2, 0.25) is 5.95 Å². The van der Waals surface area contributed by atoms with E-state index in [1.165, 1.54) is 6.33 Å². The number of hydrogen-bond donors (Lipinski definition) is 3. The molecule has 0 bridgehead atoms. The molecule has 0 amide bonds. The average molecular weight is 382 g/mol. The predicted octanol–water partition coefficient (Wildman–Crippen LogP) is 2.44. The summed E-state index contributed by atoms with van der Waals surface area (Å²) in [6.45, 7) is 2.92. The molecule has 0 saturated heterocycles. The van der Waals surface area contributed by atoms with Gasteiger partial charge in [-0.15, -0.1) is 12.4 Å². The fraction of sp³-hybridized carbons (Fsp3) is 0.647. The zero-order chi connectivity index (χ0) is 17.8. The summed E-state index contributed by atoms with van der Waals surface area (Å²) >= 11 is 0. The van der Waals surface area contributed by atoms with Gasteiger partial charge in [-0.25, -0.2) is 15.0 Å². The number of aliphatic hydroxyl groups excluding tert-OH is 1. The molecule has 2 aromatic heterocycles. The lowest BCUT2D eigenvalue weighted by Crippen LogP contribution is -2.36. The van der Waals surface area contributed by atoms with E-state index in [9.17, 15) is 5.11 Å². The zero-order valence-corrected chi connectivity index (χ0v) is 16.4. The maximum Gasteiger partial charge on any atom is 0.227 e. The van der Waals surface area contributed by atoms with Crippen LogP contribution in [0.5, 0.6) is 0 Å². The molecule has 26 heavy (non-hydrogen) atoms. The minimum Gasteiger partial charge on any atom is -0.391 e. The fourth-order valence-electron chi connectivity index (χ4n) is 3.06. The van der Waals surface area contributed by atoms with E-state index >= 15 is 0 Å². The number of hydrogen-bond acceptors (Lipinski definition) is 8. The van der Waals surface area contributed by atoms with E-state index < -0.39 is 0 Å². The quantitative estimate of drug-likeness (QED) is 0.701. The van der Waals surface area contributed by atoms with Crippen LogP contribution >= 0.6 is 12.4 Å². The van der Waals surface area contributed by atoms with Crippen LogP contribution in [0, 0.1) is 0 Å². The Morgan fingerprint density at radius 3 is 2.58 bits per heavy atom. The first-order chi connectivity index (χ1) is 12.1. The first kappa shape index (κ1) is 20.4. The fourth-order valence-corrected chi connectivity index (χ4v) is 3.06. The van der Waals surface area contributed by atoms with Crippen LogP contribution in [0.2, 0.25) is 0 Å². The molecule has 2 heterocycles. The van der Waals surface area contributed by atoms with Crippen LogP contribution in [0.1, 0.15) is 39.0 Å². The molecule has 3 rings (SSSR count). The van der Waals surface area contributed by atoms with Crippen LogP contribution in [0.15, 0.2) is 6.33 Å². The highest BCUT2D eigenvalue weighted by molar-refractivity contribution is 5.93. The largest absolute Gasteiger partial charge is 0.391 e. The second kappa shape index (κ2) is 9.14. The Morgan fingerprint density at radius 1 is 1.12 bits per heavy atom. The Hall–Kier alpha value is -1.93. The van der Waals surface area contributed by atoms with Crippen LogP contribution in [0.25, 0.3) is 11.0 Å². The Bertz CT molecular complexity index is 728. The molecule has 2 aromatic rings. The van der Waals surface area contributed by atoms with Gasteiger partial charge in [0, 0.05) is 20.6 Å². The van der Waals surface area contributed by atoms with Gasteiger partial charge in [-0.3, -0.25) is 0 Å². The van der Waals surface area contributed by atoms with E-state index in [-0.39, 0.29) is 24.6 Å². The van der Waals surface area contributed by atoms with Crippen molar-refractivity contribution in [3.05, 3.63) is 6.33 Å². The number of aliphatic hydroxyl groups is 1. The smallest absolute Gasteiger partial charge is 0.227 e. The number of anilines is 3. The Morgan fingerprint density at radius 2 is 1.88 bits per heavy atom. The van der Waals surface area contributed by atoms with Crippen molar-refractivity contribution in [2.45, 2.75) is 51.2 Å². The van der Waals surface area contributed by atoms with Gasteiger partial charge in [0.25, 0.3) is 0 Å². The van der Waals surface area contributed by atoms with Gasteiger partial charge in [-0.1, -0.05) is 19.8 Å². The van der Waals surface area contributed by atoms with Crippen molar-refractivity contribution < 1.29 is 5.11 Å². The summed E-state index contributed by atoms with van der Waals surface area (Å²) in [5.74, 6) is 1.97. The summed E-state index contributed by atoms with van der Waals surface area (Å²) in [4.78, 5) is 19.9. The van der Waals surface area contributed by atoms with Crippen molar-refractivity contribution in [2.75, 3.05) is 36.2 Å². The minimum atomic E-state index is -0.355. The molecule has 0 aromatic carbocycles. The third-order valence-electron chi connectivity index (χ3n) is 4.46. The molecule has 0 radical (unpaired) electrons. The van der Waals surface area contributed by atoms with E-state index in [1.807, 2.05) is 19.0 Å². The Balaban J connectivity index is 0.00000243. The highest BCUT2D eigenvalue weighted by atomic mass is 35.5. The van der Waals surface area contributed by atoms with Crippen molar-refractivity contribution in [1.82, 2.24) is 19.9 Å². The first-order valence-electron chi connectivity index (χ1n) is 8.98. The number of fused-ring (bicyclic) bond motifs is 1. The van der Waals surface area contributed by atoms with Crippen LogP contribution in [-0.2, 0) is 0 Å². The van der Waals surface area contributed by atoms with E-state index in [4.69, 9.17) is 0 Å². The SMILES string of the molecule is CCCNc1nc(N(C)C)nc2c(N[C@H]3CCCC[C@H]3O)ncnc12.Cl. The molecule has 9 heteroatoms. The average Bonchev–Trinajstić information content (AvgIpc) is 2.61. The summed E-state index contributed by atoms with van der Waals surface area (Å²) in [5.41, 5.74) is 1.37. The normalized spacial score (nSPS) is 19.7. The molecule has 0 unspecified atom stereocenters. The summed E-state index contributed by atoms with van der Waals surface area (Å²) in [6, 6.07) is -0.00308. The summed E-state index contributed by atoms with van der Waals surface area (Å²) in [6.07, 6.45) is 6.09. The van der Waals surface area contributed by atoms with Gasteiger partial charge in [0.15, 0.2) is 11.6 Å². The lowest BCUT2D eigenvalue weighted by molar-refractivity contribution is 0.116. The summed E-state index contributed by atoms with van der Waals surface area (Å²) in [7, 11) is 3.82. The lowest BCUT2D eigenvalue weighted by atomic mass is 9.92. The molecule has 0 spiro atoms. The second-order valence-corrected chi connectivity index (χ2v) is 6.72. The third kappa shape index (κ3) is 4.42.